The lowest BCUT2D eigenvalue weighted by molar-refractivity contribution is -0.0919. The van der Waals surface area contributed by atoms with Crippen LogP contribution in [0, 0.1) is 10.8 Å². The van der Waals surface area contributed by atoms with Crippen molar-refractivity contribution in [1.29, 1.82) is 10.8 Å². The Morgan fingerprint density at radius 3 is 2.43 bits per heavy atom. The number of benzene rings is 1. The molecule has 1 aliphatic rings. The average molecular weight is 391 g/mol. The number of allylic oxidation sites excluding steroid dienone is 2. The first-order valence-electron chi connectivity index (χ1n) is 8.65. The lowest BCUT2D eigenvalue weighted by atomic mass is 9.84. The van der Waals surface area contributed by atoms with E-state index in [0.29, 0.717) is 46.8 Å². The van der Waals surface area contributed by atoms with Crippen molar-refractivity contribution < 1.29 is 17.9 Å². The van der Waals surface area contributed by atoms with Gasteiger partial charge >= 0.3 is 6.18 Å². The molecule has 6 nitrogen and oxygen atoms in total. The number of fused-ring (bicyclic) bond motifs is 3. The van der Waals surface area contributed by atoms with Gasteiger partial charge in [0.1, 0.15) is 5.70 Å². The molecule has 0 bridgehead atoms. The Bertz CT molecular complexity index is 1010. The van der Waals surface area contributed by atoms with Crippen LogP contribution in [0.15, 0.2) is 17.8 Å². The maximum atomic E-state index is 13.2. The molecule has 9 heteroatoms. The number of methoxy groups -OCH3 is 1. The van der Waals surface area contributed by atoms with Crippen LogP contribution in [0.25, 0.3) is 16.5 Å². The number of pyridine rings is 1. The van der Waals surface area contributed by atoms with Crippen LogP contribution in [0.2, 0.25) is 0 Å². The van der Waals surface area contributed by atoms with E-state index < -0.39 is 17.4 Å². The molecule has 0 amide bonds. The third-order valence-corrected chi connectivity index (χ3v) is 4.93. The number of rotatable bonds is 3. The fourth-order valence-electron chi connectivity index (χ4n) is 3.63. The Balaban J connectivity index is 2.45. The number of nitrogens with two attached hydrogens (primary N) is 2. The average Bonchev–Trinajstić information content (AvgIpc) is 2.67. The van der Waals surface area contributed by atoms with Crippen LogP contribution in [-0.4, -0.2) is 30.4 Å². The van der Waals surface area contributed by atoms with Crippen molar-refractivity contribution in [3.05, 3.63) is 40.2 Å². The number of nitrogens with one attached hydrogen (secondary N) is 2. The summed E-state index contributed by atoms with van der Waals surface area (Å²) in [5.41, 5.74) is 12.1. The second kappa shape index (κ2) is 7.14. The number of anilines is 1. The highest BCUT2D eigenvalue weighted by molar-refractivity contribution is 6.13. The molecule has 0 saturated carbocycles. The lowest BCUT2D eigenvalue weighted by Gasteiger charge is -2.24. The van der Waals surface area contributed by atoms with Gasteiger partial charge in [0.15, 0.2) is 0 Å². The summed E-state index contributed by atoms with van der Waals surface area (Å²) in [4.78, 5) is 4.42. The van der Waals surface area contributed by atoms with Crippen molar-refractivity contribution in [2.75, 3.05) is 12.8 Å². The number of hydrogen-bond acceptors (Lipinski definition) is 6. The summed E-state index contributed by atoms with van der Waals surface area (Å²) in [6, 6.07) is 3.14. The molecular weight excluding hydrogens is 371 g/mol. The number of nitrogens with zero attached hydrogens (tertiary/aromatic N) is 1. The molecule has 6 N–H and O–H groups in total. The number of hydrogen-bond donors (Lipinski definition) is 4. The van der Waals surface area contributed by atoms with E-state index >= 15 is 0 Å². The summed E-state index contributed by atoms with van der Waals surface area (Å²) in [7, 11) is 1.36. The Labute approximate surface area is 159 Å². The highest BCUT2D eigenvalue weighted by Crippen LogP contribution is 2.38. The summed E-state index contributed by atoms with van der Waals surface area (Å²) in [6.07, 6.45) is -1.43. The largest absolute Gasteiger partial charge is 0.481 e. The Morgan fingerprint density at radius 2 is 1.86 bits per heavy atom. The van der Waals surface area contributed by atoms with Crippen molar-refractivity contribution in [3.8, 4) is 0 Å². The molecule has 0 atom stereocenters. The monoisotopic (exact) mass is 391 g/mol. The topological polar surface area (TPSA) is 122 Å². The van der Waals surface area contributed by atoms with Crippen LogP contribution < -0.4 is 11.5 Å². The second-order valence-electron chi connectivity index (χ2n) is 6.55. The standard InChI is InChI=1S/C19H20F3N5O/c1-28-18(26)15-12(24)6-7-13-14(15)9-4-2-3-5-10(9)16(27-13)11(8-23)17(25)19(20,21)22/h6-8,23,26H,2-5,24-25H2,1H3. The molecule has 0 saturated heterocycles. The molecule has 0 spiro atoms. The Kier molecular flexibility index (Phi) is 5.01. The minimum atomic E-state index is -4.77. The van der Waals surface area contributed by atoms with Crippen LogP contribution in [0.1, 0.15) is 35.2 Å². The van der Waals surface area contributed by atoms with Gasteiger partial charge in [-0.2, -0.15) is 13.2 Å². The molecule has 1 aliphatic carbocycles. The van der Waals surface area contributed by atoms with Gasteiger partial charge in [0.2, 0.25) is 5.90 Å². The van der Waals surface area contributed by atoms with E-state index in [1.54, 1.807) is 6.07 Å². The maximum absolute atomic E-state index is 13.2. The van der Waals surface area contributed by atoms with E-state index in [1.165, 1.54) is 13.2 Å². The van der Waals surface area contributed by atoms with Gasteiger partial charge < -0.3 is 21.6 Å². The molecule has 1 aromatic carbocycles. The lowest BCUT2D eigenvalue weighted by Crippen LogP contribution is -2.23. The van der Waals surface area contributed by atoms with Gasteiger partial charge in [0.05, 0.1) is 23.9 Å². The minimum absolute atomic E-state index is 0.0618. The molecule has 0 aliphatic heterocycles. The Hall–Kier alpha value is -3.10. The van der Waals surface area contributed by atoms with Crippen LogP contribution in [0.3, 0.4) is 0 Å². The third kappa shape index (κ3) is 3.17. The van der Waals surface area contributed by atoms with Crippen LogP contribution >= 0.6 is 0 Å². The maximum Gasteiger partial charge on any atom is 0.431 e. The number of aryl methyl sites for hydroxylation is 1. The van der Waals surface area contributed by atoms with Gasteiger partial charge in [-0.25, -0.2) is 4.98 Å². The molecule has 2 aromatic rings. The number of alkyl halides is 3. The first-order valence-corrected chi connectivity index (χ1v) is 8.65. The van der Waals surface area contributed by atoms with Gasteiger partial charge in [-0.05, 0) is 48.9 Å². The highest BCUT2D eigenvalue weighted by Gasteiger charge is 2.36. The molecule has 3 rings (SSSR count). The number of nitrogen functional groups attached to an aromatic ring is 1. The number of aromatic nitrogens is 1. The van der Waals surface area contributed by atoms with Gasteiger partial charge in [-0.3, -0.25) is 5.41 Å². The molecule has 0 fully saturated rings. The first kappa shape index (κ1) is 19.7. The summed E-state index contributed by atoms with van der Waals surface area (Å²) >= 11 is 0. The van der Waals surface area contributed by atoms with Crippen LogP contribution in [-0.2, 0) is 17.6 Å². The zero-order chi connectivity index (χ0) is 20.6. The zero-order valence-electron chi connectivity index (χ0n) is 15.2. The van der Waals surface area contributed by atoms with Gasteiger partial charge in [0.25, 0.3) is 0 Å². The molecule has 1 aromatic heterocycles. The first-order chi connectivity index (χ1) is 13.2. The summed E-state index contributed by atoms with van der Waals surface area (Å²) in [5.74, 6) is -0.136. The van der Waals surface area contributed by atoms with E-state index in [1.807, 2.05) is 0 Å². The van der Waals surface area contributed by atoms with Crippen molar-refractivity contribution in [2.45, 2.75) is 31.9 Å². The molecule has 0 unspecified atom stereocenters. The summed E-state index contributed by atoms with van der Waals surface area (Å²) in [6.45, 7) is 0. The fraction of sp³-hybridized carbons (Fsp3) is 0.316. The molecule has 0 radical (unpaired) electrons. The predicted octanol–water partition coefficient (Wildman–Crippen LogP) is 3.55. The highest BCUT2D eigenvalue weighted by atomic mass is 19.4. The van der Waals surface area contributed by atoms with Crippen molar-refractivity contribution in [1.82, 2.24) is 4.98 Å². The van der Waals surface area contributed by atoms with Crippen LogP contribution in [0.4, 0.5) is 18.9 Å². The van der Waals surface area contributed by atoms with E-state index in [9.17, 15) is 13.2 Å². The SMILES string of the molecule is COC(=N)c1c(N)ccc2nc(C(C=N)=C(N)C(F)(F)F)c3c(c12)CCCC3. The predicted molar refractivity (Wildman–Crippen MR) is 103 cm³/mol. The van der Waals surface area contributed by atoms with Gasteiger partial charge in [-0.1, -0.05) is 0 Å². The third-order valence-electron chi connectivity index (χ3n) is 4.93. The zero-order valence-corrected chi connectivity index (χ0v) is 15.2. The smallest absolute Gasteiger partial charge is 0.431 e. The van der Waals surface area contributed by atoms with Crippen molar-refractivity contribution >= 4 is 34.3 Å². The van der Waals surface area contributed by atoms with Crippen LogP contribution in [0.5, 0.6) is 0 Å². The molecule has 1 heterocycles. The van der Waals surface area contributed by atoms with E-state index in [4.69, 9.17) is 27.0 Å². The fourth-order valence-corrected chi connectivity index (χ4v) is 3.63. The Morgan fingerprint density at radius 1 is 1.21 bits per heavy atom. The number of ether oxygens (including phenoxy) is 1. The van der Waals surface area contributed by atoms with E-state index in [-0.39, 0.29) is 11.6 Å². The quantitative estimate of drug-likeness (QED) is 0.363. The minimum Gasteiger partial charge on any atom is -0.481 e. The van der Waals surface area contributed by atoms with E-state index in [2.05, 4.69) is 4.98 Å². The van der Waals surface area contributed by atoms with Gasteiger partial charge in [0, 0.05) is 22.9 Å². The summed E-state index contributed by atoms with van der Waals surface area (Å²) < 4.78 is 44.7. The van der Waals surface area contributed by atoms with Crippen molar-refractivity contribution in [2.24, 2.45) is 5.73 Å². The second-order valence-corrected chi connectivity index (χ2v) is 6.55. The molecular formula is C19H20F3N5O. The van der Waals surface area contributed by atoms with Crippen molar-refractivity contribution in [3.63, 3.8) is 0 Å². The van der Waals surface area contributed by atoms with E-state index in [0.717, 1.165) is 18.4 Å². The molecule has 28 heavy (non-hydrogen) atoms. The molecule has 148 valence electrons. The normalized spacial score (nSPS) is 15.0. The number of halogens is 3. The van der Waals surface area contributed by atoms with Gasteiger partial charge in [-0.15, -0.1) is 0 Å². The summed E-state index contributed by atoms with van der Waals surface area (Å²) in [5, 5.41) is 16.2.